The van der Waals surface area contributed by atoms with Crippen molar-refractivity contribution in [3.63, 3.8) is 0 Å². The van der Waals surface area contributed by atoms with Crippen LogP contribution < -0.4 is 15.4 Å². The van der Waals surface area contributed by atoms with E-state index in [9.17, 15) is 15.3 Å². The number of thioether (sulfide) groups is 1. The van der Waals surface area contributed by atoms with Gasteiger partial charge in [0.15, 0.2) is 5.57 Å². The Morgan fingerprint density at radius 2 is 1.81 bits per heavy atom. The Hall–Kier alpha value is -4.14. The van der Waals surface area contributed by atoms with Crippen molar-refractivity contribution in [1.82, 2.24) is 0 Å². The van der Waals surface area contributed by atoms with E-state index >= 15 is 0 Å². The lowest BCUT2D eigenvalue weighted by Gasteiger charge is -2.26. The minimum Gasteiger partial charge on any atom is -0.497 e. The lowest BCUT2D eigenvalue weighted by Crippen LogP contribution is -2.29. The first-order valence-corrected chi connectivity index (χ1v) is 10.5. The summed E-state index contributed by atoms with van der Waals surface area (Å²) >= 11 is 1.13. The van der Waals surface area contributed by atoms with E-state index in [-0.39, 0.29) is 28.6 Å². The molecule has 160 valence electrons. The third-order valence-corrected chi connectivity index (χ3v) is 5.55. The fourth-order valence-electron chi connectivity index (χ4n) is 3.08. The number of nitrogens with zero attached hydrogens (tertiary/aromatic N) is 3. The standard InChI is InChI=1S/C24H20N4O3S/c1-3-31-24(29)20(14-26)23-28(17-9-11-18(30-2)12-10-17)22(27)19(13-25)21(15-32-23)16-7-5-4-6-8-16/h4-12,15H,3,27H2,1-2H3. The molecule has 7 nitrogen and oxygen atoms in total. The number of methoxy groups -OCH3 is 1. The third-order valence-electron chi connectivity index (χ3n) is 4.59. The van der Waals surface area contributed by atoms with Crippen molar-refractivity contribution >= 4 is 29.0 Å². The van der Waals surface area contributed by atoms with Gasteiger partial charge in [-0.3, -0.25) is 4.90 Å². The van der Waals surface area contributed by atoms with Gasteiger partial charge in [-0.05, 0) is 42.2 Å². The number of nitriles is 2. The van der Waals surface area contributed by atoms with Gasteiger partial charge in [-0.15, -0.1) is 0 Å². The van der Waals surface area contributed by atoms with Crippen molar-refractivity contribution in [3.8, 4) is 17.9 Å². The van der Waals surface area contributed by atoms with E-state index in [2.05, 4.69) is 6.07 Å². The van der Waals surface area contributed by atoms with Crippen LogP contribution in [0.1, 0.15) is 12.5 Å². The van der Waals surface area contributed by atoms with Crippen LogP contribution in [-0.2, 0) is 9.53 Å². The van der Waals surface area contributed by atoms with Gasteiger partial charge >= 0.3 is 5.97 Å². The molecule has 0 unspecified atom stereocenters. The minimum absolute atomic E-state index is 0.0878. The highest BCUT2D eigenvalue weighted by Crippen LogP contribution is 2.41. The predicted molar refractivity (Wildman–Crippen MR) is 124 cm³/mol. The summed E-state index contributed by atoms with van der Waals surface area (Å²) in [5.74, 6) is -0.0532. The number of esters is 1. The molecule has 2 N–H and O–H groups in total. The maximum Gasteiger partial charge on any atom is 0.351 e. The van der Waals surface area contributed by atoms with Gasteiger partial charge in [-0.1, -0.05) is 42.1 Å². The molecule has 1 heterocycles. The van der Waals surface area contributed by atoms with E-state index in [1.807, 2.05) is 36.4 Å². The third kappa shape index (κ3) is 4.46. The molecule has 0 bridgehead atoms. The fourth-order valence-corrected chi connectivity index (χ4v) is 4.11. The van der Waals surface area contributed by atoms with Crippen LogP contribution in [0.15, 0.2) is 82.0 Å². The molecule has 0 fully saturated rings. The lowest BCUT2D eigenvalue weighted by molar-refractivity contribution is -0.138. The monoisotopic (exact) mass is 444 g/mol. The molecule has 8 heteroatoms. The molecule has 0 saturated heterocycles. The van der Waals surface area contributed by atoms with Gasteiger partial charge in [0.2, 0.25) is 0 Å². The highest BCUT2D eigenvalue weighted by atomic mass is 32.2. The zero-order valence-corrected chi connectivity index (χ0v) is 18.3. The Bertz CT molecular complexity index is 1190. The van der Waals surface area contributed by atoms with Crippen LogP contribution in [0.4, 0.5) is 5.69 Å². The number of ether oxygens (including phenoxy) is 2. The fraction of sp³-hybridized carbons (Fsp3) is 0.125. The number of carbonyl (C=O) groups is 1. The molecule has 0 saturated carbocycles. The highest BCUT2D eigenvalue weighted by Gasteiger charge is 2.30. The lowest BCUT2D eigenvalue weighted by atomic mass is 10.00. The summed E-state index contributed by atoms with van der Waals surface area (Å²) in [6.45, 7) is 1.78. The van der Waals surface area contributed by atoms with Crippen LogP contribution in [-0.4, -0.2) is 19.7 Å². The number of rotatable bonds is 5. The van der Waals surface area contributed by atoms with Gasteiger partial charge < -0.3 is 15.2 Å². The van der Waals surface area contributed by atoms with E-state index in [1.165, 1.54) is 4.90 Å². The topological polar surface area (TPSA) is 112 Å². The molecule has 2 aromatic rings. The van der Waals surface area contributed by atoms with Crippen molar-refractivity contribution in [1.29, 1.82) is 10.5 Å². The average molecular weight is 445 g/mol. The Kier molecular flexibility index (Phi) is 7.22. The zero-order valence-electron chi connectivity index (χ0n) is 17.5. The van der Waals surface area contributed by atoms with E-state index in [1.54, 1.807) is 43.7 Å². The average Bonchev–Trinajstić information content (AvgIpc) is 2.96. The Morgan fingerprint density at radius 1 is 1.12 bits per heavy atom. The van der Waals surface area contributed by atoms with Gasteiger partial charge in [-0.25, -0.2) is 4.79 Å². The summed E-state index contributed by atoms with van der Waals surface area (Å²) in [6, 6.07) is 20.3. The molecule has 1 aliphatic rings. The minimum atomic E-state index is -0.765. The molecule has 0 radical (unpaired) electrons. The summed E-state index contributed by atoms with van der Waals surface area (Å²) < 4.78 is 10.3. The van der Waals surface area contributed by atoms with Crippen LogP contribution in [0.5, 0.6) is 5.75 Å². The Labute approximate surface area is 190 Å². The van der Waals surface area contributed by atoms with Crippen molar-refractivity contribution in [2.75, 3.05) is 18.6 Å². The first kappa shape index (κ1) is 22.5. The second-order valence-electron chi connectivity index (χ2n) is 6.43. The van der Waals surface area contributed by atoms with Crippen molar-refractivity contribution < 1.29 is 14.3 Å². The number of hydrogen-bond donors (Lipinski definition) is 1. The normalized spacial score (nSPS) is 15.1. The van der Waals surface area contributed by atoms with E-state index in [0.717, 1.165) is 17.3 Å². The van der Waals surface area contributed by atoms with Gasteiger partial charge in [0.05, 0.1) is 13.7 Å². The highest BCUT2D eigenvalue weighted by molar-refractivity contribution is 8.06. The van der Waals surface area contributed by atoms with Crippen LogP contribution in [0, 0.1) is 22.7 Å². The second-order valence-corrected chi connectivity index (χ2v) is 7.29. The zero-order chi connectivity index (χ0) is 23.1. The quantitative estimate of drug-likeness (QED) is 0.413. The number of benzene rings is 2. The summed E-state index contributed by atoms with van der Waals surface area (Å²) in [6.07, 6.45) is 0. The summed E-state index contributed by atoms with van der Waals surface area (Å²) in [5.41, 5.74) is 8.46. The predicted octanol–water partition coefficient (Wildman–Crippen LogP) is 4.28. The van der Waals surface area contributed by atoms with Crippen LogP contribution in [0.25, 0.3) is 5.57 Å². The van der Waals surface area contributed by atoms with Crippen molar-refractivity contribution in [2.45, 2.75) is 6.92 Å². The molecule has 3 rings (SSSR count). The Balaban J connectivity index is 2.30. The molecule has 1 aliphatic heterocycles. The number of hydrogen-bond acceptors (Lipinski definition) is 8. The van der Waals surface area contributed by atoms with Gasteiger partial charge in [0, 0.05) is 11.3 Å². The van der Waals surface area contributed by atoms with Crippen LogP contribution in [0.3, 0.4) is 0 Å². The molecule has 0 spiro atoms. The maximum absolute atomic E-state index is 12.6. The molecule has 0 atom stereocenters. The summed E-state index contributed by atoms with van der Waals surface area (Å²) in [4.78, 5) is 14.1. The molecule has 0 aromatic heterocycles. The second kappa shape index (κ2) is 10.3. The maximum atomic E-state index is 12.6. The SMILES string of the molecule is CCOC(=O)C(C#N)=C1SC=C(c2ccccc2)C(C#N)=C(N)N1c1ccc(OC)cc1. The van der Waals surface area contributed by atoms with E-state index < -0.39 is 5.97 Å². The van der Waals surface area contributed by atoms with Crippen LogP contribution in [0.2, 0.25) is 0 Å². The van der Waals surface area contributed by atoms with E-state index in [0.29, 0.717) is 17.0 Å². The van der Waals surface area contributed by atoms with Crippen molar-refractivity contribution in [3.05, 3.63) is 87.6 Å². The van der Waals surface area contributed by atoms with E-state index in [4.69, 9.17) is 15.2 Å². The molecular formula is C24H20N4O3S. The van der Waals surface area contributed by atoms with Crippen LogP contribution >= 0.6 is 11.8 Å². The molecule has 2 aromatic carbocycles. The number of carbonyl (C=O) groups excluding carboxylic acids is 1. The number of nitrogens with two attached hydrogens (primary N) is 1. The molecular weight excluding hydrogens is 424 g/mol. The number of allylic oxidation sites excluding steroid dienone is 2. The van der Waals surface area contributed by atoms with Gasteiger partial charge in [0.25, 0.3) is 0 Å². The molecule has 0 aliphatic carbocycles. The molecule has 0 amide bonds. The summed E-state index contributed by atoms with van der Waals surface area (Å²) in [7, 11) is 1.55. The first-order chi connectivity index (χ1) is 15.5. The van der Waals surface area contributed by atoms with Gasteiger partial charge in [0.1, 0.15) is 34.3 Å². The van der Waals surface area contributed by atoms with Crippen molar-refractivity contribution in [2.24, 2.45) is 5.73 Å². The summed E-state index contributed by atoms with van der Waals surface area (Å²) in [5, 5.41) is 21.7. The van der Waals surface area contributed by atoms with Gasteiger partial charge in [-0.2, -0.15) is 10.5 Å². The molecule has 32 heavy (non-hydrogen) atoms. The Morgan fingerprint density at radius 3 is 2.38 bits per heavy atom. The first-order valence-electron chi connectivity index (χ1n) is 9.63. The smallest absolute Gasteiger partial charge is 0.351 e. The number of anilines is 1. The largest absolute Gasteiger partial charge is 0.497 e.